The van der Waals surface area contributed by atoms with Crippen LogP contribution in [0.4, 0.5) is 5.69 Å². The van der Waals surface area contributed by atoms with Gasteiger partial charge in [0.05, 0.1) is 6.04 Å². The second-order valence-electron chi connectivity index (χ2n) is 12.4. The summed E-state index contributed by atoms with van der Waals surface area (Å²) in [7, 11) is 4.34. The van der Waals surface area contributed by atoms with Crippen LogP contribution < -0.4 is 15.5 Å². The largest absolute Gasteiger partial charge is 0.368 e. The first kappa shape index (κ1) is 29.7. The number of benzene rings is 3. The summed E-state index contributed by atoms with van der Waals surface area (Å²) in [5.41, 5.74) is 7.59. The number of likely N-dealkylation sites (N-methyl/N-ethyl adjacent to an activating group) is 1. The third-order valence-corrected chi connectivity index (χ3v) is 9.71. The fourth-order valence-corrected chi connectivity index (χ4v) is 6.97. The molecular weight excluding hydrogens is 558 g/mol. The first-order chi connectivity index (χ1) is 20.9. The molecule has 2 amide bonds. The van der Waals surface area contributed by atoms with Crippen LogP contribution in [-0.4, -0.2) is 80.0 Å². The quantitative estimate of drug-likeness (QED) is 0.432. The minimum atomic E-state index is -0.649. The zero-order chi connectivity index (χ0) is 29.9. The number of nitrogens with one attached hydrogen (secondary N) is 2. The van der Waals surface area contributed by atoms with Gasteiger partial charge in [-0.2, -0.15) is 0 Å². The fraction of sp³-hybridized carbons (Fsp3) is 0.429. The summed E-state index contributed by atoms with van der Waals surface area (Å²) in [6.45, 7) is 3.45. The lowest BCUT2D eigenvalue weighted by atomic mass is 9.86. The Kier molecular flexibility index (Phi) is 9.03. The fourth-order valence-electron chi connectivity index (χ4n) is 6.84. The van der Waals surface area contributed by atoms with E-state index in [1.165, 1.54) is 34.4 Å². The number of piperazine rings is 1. The average molecular weight is 600 g/mol. The Labute approximate surface area is 260 Å². The molecular formula is C35H42ClN5O2. The highest BCUT2D eigenvalue weighted by Gasteiger charge is 2.33. The number of anilines is 1. The minimum Gasteiger partial charge on any atom is -0.368 e. The van der Waals surface area contributed by atoms with Crippen molar-refractivity contribution in [1.82, 2.24) is 20.4 Å². The predicted molar refractivity (Wildman–Crippen MR) is 173 cm³/mol. The summed E-state index contributed by atoms with van der Waals surface area (Å²) in [5.74, 6) is -0.159. The highest BCUT2D eigenvalue weighted by molar-refractivity contribution is 6.30. The first-order valence-corrected chi connectivity index (χ1v) is 15.9. The maximum absolute atomic E-state index is 14.0. The van der Waals surface area contributed by atoms with Gasteiger partial charge in [-0.05, 0) is 85.8 Å². The van der Waals surface area contributed by atoms with Crippen LogP contribution in [0.15, 0.2) is 66.7 Å². The number of halogens is 1. The molecule has 2 N–H and O–H groups in total. The molecule has 0 saturated carbocycles. The smallest absolute Gasteiger partial charge is 0.245 e. The van der Waals surface area contributed by atoms with E-state index >= 15 is 0 Å². The molecule has 1 unspecified atom stereocenters. The van der Waals surface area contributed by atoms with Gasteiger partial charge in [0.1, 0.15) is 6.04 Å². The van der Waals surface area contributed by atoms with Crippen LogP contribution in [-0.2, 0) is 41.8 Å². The molecule has 1 saturated heterocycles. The highest BCUT2D eigenvalue weighted by Crippen LogP contribution is 2.32. The van der Waals surface area contributed by atoms with Gasteiger partial charge >= 0.3 is 0 Å². The van der Waals surface area contributed by atoms with E-state index in [4.69, 9.17) is 11.6 Å². The number of hydrogen-bond acceptors (Lipinski definition) is 5. The zero-order valence-corrected chi connectivity index (χ0v) is 25.9. The standard InChI is InChI=1S/C35H42ClN5O2/c1-39(2)29-15-12-25-8-5-9-33(30(25)22-29)40-16-18-41(19-17-40)35(43)32(20-24-10-13-28(36)14-11-24)38-34(42)31-21-26-6-3-4-7-27(26)23-37-31/h3-11,13-14,29,31-32,37H,12,15-23H2,1-2H3,(H,38,42)/t29?,31-,32-/m1/s1. The lowest BCUT2D eigenvalue weighted by molar-refractivity contribution is -0.137. The van der Waals surface area contributed by atoms with E-state index in [0.29, 0.717) is 43.5 Å². The van der Waals surface area contributed by atoms with Gasteiger partial charge in [-0.3, -0.25) is 9.59 Å². The molecule has 0 radical (unpaired) electrons. The molecule has 3 atom stereocenters. The second kappa shape index (κ2) is 13.1. The summed E-state index contributed by atoms with van der Waals surface area (Å²) < 4.78 is 0. The van der Waals surface area contributed by atoms with E-state index in [2.05, 4.69) is 64.9 Å². The molecule has 8 heteroatoms. The van der Waals surface area contributed by atoms with Crippen molar-refractivity contribution in [3.63, 3.8) is 0 Å². The van der Waals surface area contributed by atoms with Crippen molar-refractivity contribution in [1.29, 1.82) is 0 Å². The first-order valence-electron chi connectivity index (χ1n) is 15.5. The van der Waals surface area contributed by atoms with Crippen LogP contribution in [0.5, 0.6) is 0 Å². The maximum Gasteiger partial charge on any atom is 0.245 e. The van der Waals surface area contributed by atoms with Crippen LogP contribution in [0.25, 0.3) is 0 Å². The topological polar surface area (TPSA) is 67.9 Å². The van der Waals surface area contributed by atoms with E-state index < -0.39 is 6.04 Å². The zero-order valence-electron chi connectivity index (χ0n) is 25.2. The highest BCUT2D eigenvalue weighted by atomic mass is 35.5. The van der Waals surface area contributed by atoms with Crippen molar-refractivity contribution in [2.24, 2.45) is 0 Å². The van der Waals surface area contributed by atoms with E-state index in [1.807, 2.05) is 41.3 Å². The summed E-state index contributed by atoms with van der Waals surface area (Å²) in [6, 6.07) is 22.0. The molecule has 43 heavy (non-hydrogen) atoms. The van der Waals surface area contributed by atoms with Crippen LogP contribution in [0.1, 0.15) is 34.2 Å². The molecule has 6 rings (SSSR count). The van der Waals surface area contributed by atoms with Crippen LogP contribution in [0, 0.1) is 0 Å². The Balaban J connectivity index is 1.14. The molecule has 2 heterocycles. The van der Waals surface area contributed by atoms with E-state index in [9.17, 15) is 9.59 Å². The third-order valence-electron chi connectivity index (χ3n) is 9.46. The van der Waals surface area contributed by atoms with Crippen molar-refractivity contribution in [3.8, 4) is 0 Å². The summed E-state index contributed by atoms with van der Waals surface area (Å²) in [4.78, 5) is 34.3. The Hall–Kier alpha value is -3.39. The Morgan fingerprint density at radius 2 is 1.65 bits per heavy atom. The summed E-state index contributed by atoms with van der Waals surface area (Å²) in [6.07, 6.45) is 4.39. The maximum atomic E-state index is 14.0. The lowest BCUT2D eigenvalue weighted by Crippen LogP contribution is -2.58. The average Bonchev–Trinajstić information content (AvgIpc) is 3.04. The number of carbonyl (C=O) groups is 2. The van der Waals surface area contributed by atoms with Gasteiger partial charge in [0.15, 0.2) is 0 Å². The van der Waals surface area contributed by atoms with Crippen molar-refractivity contribution < 1.29 is 9.59 Å². The van der Waals surface area contributed by atoms with Crippen molar-refractivity contribution in [3.05, 3.63) is 99.6 Å². The van der Waals surface area contributed by atoms with Crippen LogP contribution >= 0.6 is 11.6 Å². The molecule has 1 aliphatic carbocycles. The Morgan fingerprint density at radius 3 is 2.40 bits per heavy atom. The van der Waals surface area contributed by atoms with E-state index in [-0.39, 0.29) is 17.9 Å². The number of carbonyl (C=O) groups excluding carboxylic acids is 2. The number of rotatable bonds is 7. The molecule has 0 spiro atoms. The summed E-state index contributed by atoms with van der Waals surface area (Å²) in [5, 5.41) is 7.15. The number of fused-ring (bicyclic) bond motifs is 2. The van der Waals surface area contributed by atoms with Crippen molar-refractivity contribution in [2.75, 3.05) is 45.2 Å². The predicted octanol–water partition coefficient (Wildman–Crippen LogP) is 3.85. The number of amides is 2. The summed E-state index contributed by atoms with van der Waals surface area (Å²) >= 11 is 6.13. The van der Waals surface area contributed by atoms with Gasteiger partial charge in [-0.25, -0.2) is 0 Å². The number of aryl methyl sites for hydroxylation is 1. The Morgan fingerprint density at radius 1 is 0.930 bits per heavy atom. The minimum absolute atomic E-state index is 0.0260. The molecule has 3 aromatic rings. The molecule has 7 nitrogen and oxygen atoms in total. The van der Waals surface area contributed by atoms with Gasteiger partial charge in [0.25, 0.3) is 0 Å². The molecule has 1 fully saturated rings. The molecule has 2 aliphatic heterocycles. The molecule has 3 aliphatic rings. The normalized spacial score (nSPS) is 20.7. The second-order valence-corrected chi connectivity index (χ2v) is 12.8. The van der Waals surface area contributed by atoms with Crippen molar-refractivity contribution in [2.45, 2.75) is 56.8 Å². The number of nitrogens with zero attached hydrogens (tertiary/aromatic N) is 3. The van der Waals surface area contributed by atoms with E-state index in [1.54, 1.807) is 0 Å². The number of hydrogen-bond donors (Lipinski definition) is 2. The van der Waals surface area contributed by atoms with Crippen LogP contribution in [0.2, 0.25) is 5.02 Å². The lowest BCUT2D eigenvalue weighted by Gasteiger charge is -2.40. The van der Waals surface area contributed by atoms with Crippen molar-refractivity contribution >= 4 is 29.1 Å². The Bertz CT molecular complexity index is 1450. The van der Waals surface area contributed by atoms with Gasteiger partial charge in [0, 0.05) is 55.9 Å². The molecule has 0 aromatic heterocycles. The third kappa shape index (κ3) is 6.74. The van der Waals surface area contributed by atoms with E-state index in [0.717, 1.165) is 31.5 Å². The molecule has 3 aromatic carbocycles. The monoisotopic (exact) mass is 599 g/mol. The molecule has 0 bridgehead atoms. The molecule has 226 valence electrons. The van der Waals surface area contributed by atoms with Gasteiger partial charge in [-0.1, -0.05) is 60.1 Å². The van der Waals surface area contributed by atoms with Gasteiger partial charge in [0.2, 0.25) is 11.8 Å². The van der Waals surface area contributed by atoms with Gasteiger partial charge < -0.3 is 25.3 Å². The van der Waals surface area contributed by atoms with Crippen LogP contribution in [0.3, 0.4) is 0 Å². The SMILES string of the molecule is CN(C)C1CCc2cccc(N3CCN(C(=O)[C@@H](Cc4ccc(Cl)cc4)NC(=O)[C@H]4Cc5ccccc5CN4)CC3)c2C1. The van der Waals surface area contributed by atoms with Gasteiger partial charge in [-0.15, -0.1) is 0 Å².